The van der Waals surface area contributed by atoms with Gasteiger partial charge < -0.3 is 10.1 Å². The van der Waals surface area contributed by atoms with E-state index in [0.717, 1.165) is 39.2 Å². The molecule has 3 aromatic heterocycles. The van der Waals surface area contributed by atoms with Crippen LogP contribution in [-0.2, 0) is 13.6 Å². The fourth-order valence-electron chi connectivity index (χ4n) is 3.30. The lowest BCUT2D eigenvalue weighted by molar-refractivity contribution is 0.437. The number of fused-ring (bicyclic) bond motifs is 2. The number of nitrogens with zero attached hydrogens (tertiary/aromatic N) is 5. The van der Waals surface area contributed by atoms with Crippen LogP contribution < -0.4 is 10.1 Å². The van der Waals surface area contributed by atoms with Gasteiger partial charge in [-0.25, -0.2) is 4.98 Å². The number of nitrogens with one attached hydrogen (secondary N) is 1. The molecule has 0 radical (unpaired) electrons. The number of pyridine rings is 2. The highest BCUT2D eigenvalue weighted by Gasteiger charge is 2.18. The number of aryl methyl sites for hydroxylation is 2. The number of amidine groups is 1. The maximum Gasteiger partial charge on any atom is 0.247 e. The van der Waals surface area contributed by atoms with Gasteiger partial charge in [0.05, 0.1) is 17.4 Å². The number of rotatable bonds is 3. The van der Waals surface area contributed by atoms with Gasteiger partial charge in [0.1, 0.15) is 5.69 Å². The lowest BCUT2D eigenvalue weighted by Crippen LogP contribution is -2.13. The minimum atomic E-state index is 0.538. The fraction of sp³-hybridized carbons (Fsp3) is 0.143. The Labute approximate surface area is 161 Å². The number of hydrogen-bond acceptors (Lipinski definition) is 6. The van der Waals surface area contributed by atoms with Crippen LogP contribution >= 0.6 is 0 Å². The minimum Gasteiger partial charge on any atom is -0.418 e. The molecule has 138 valence electrons. The maximum absolute atomic E-state index is 5.97. The first-order valence-corrected chi connectivity index (χ1v) is 9.01. The van der Waals surface area contributed by atoms with Gasteiger partial charge in [-0.15, -0.1) is 5.10 Å². The Bertz CT molecular complexity index is 1230. The van der Waals surface area contributed by atoms with Gasteiger partial charge in [0.15, 0.2) is 5.84 Å². The molecule has 0 spiro atoms. The number of aromatic nitrogens is 4. The molecule has 0 fully saturated rings. The smallest absolute Gasteiger partial charge is 0.247 e. The summed E-state index contributed by atoms with van der Waals surface area (Å²) in [6.07, 6.45) is 3.50. The standard InChI is InChI=1S/C21H18N6O/c1-13-5-3-10-23-20(13)28-21-16-8-7-15(11-17(16)27(2)26-21)25-19-18-14(12-24-19)6-4-9-22-18/h3-11H,12H2,1-2H3,(H,24,25). The highest BCUT2D eigenvalue weighted by atomic mass is 16.5. The van der Waals surface area contributed by atoms with Gasteiger partial charge in [-0.2, -0.15) is 0 Å². The first-order chi connectivity index (χ1) is 13.7. The van der Waals surface area contributed by atoms with Crippen molar-refractivity contribution in [1.82, 2.24) is 19.7 Å². The molecular formula is C21H18N6O. The Hall–Kier alpha value is -3.74. The Morgan fingerprint density at radius 2 is 1.89 bits per heavy atom. The van der Waals surface area contributed by atoms with E-state index in [-0.39, 0.29) is 0 Å². The largest absolute Gasteiger partial charge is 0.418 e. The first kappa shape index (κ1) is 16.4. The van der Waals surface area contributed by atoms with Crippen LogP contribution in [0.2, 0.25) is 0 Å². The normalized spacial score (nSPS) is 12.7. The zero-order valence-corrected chi connectivity index (χ0v) is 15.5. The summed E-state index contributed by atoms with van der Waals surface area (Å²) in [5.41, 5.74) is 4.88. The van der Waals surface area contributed by atoms with Crippen molar-refractivity contribution < 1.29 is 4.74 Å². The molecular weight excluding hydrogens is 352 g/mol. The average molecular weight is 370 g/mol. The van der Waals surface area contributed by atoms with Crippen LogP contribution in [0.5, 0.6) is 11.8 Å². The van der Waals surface area contributed by atoms with Crippen LogP contribution in [0, 0.1) is 6.92 Å². The van der Waals surface area contributed by atoms with Crippen LogP contribution in [0.1, 0.15) is 16.8 Å². The molecule has 0 atom stereocenters. The SMILES string of the molecule is Cc1cccnc1Oc1nn(C)c2cc(NC3=NCc4cccnc43)ccc12. The number of ether oxygens (including phenoxy) is 1. The summed E-state index contributed by atoms with van der Waals surface area (Å²) in [7, 11) is 1.90. The third-order valence-electron chi connectivity index (χ3n) is 4.76. The number of hydrogen-bond donors (Lipinski definition) is 1. The quantitative estimate of drug-likeness (QED) is 0.593. The van der Waals surface area contributed by atoms with Crippen molar-refractivity contribution in [2.75, 3.05) is 5.32 Å². The van der Waals surface area contributed by atoms with E-state index in [1.807, 2.05) is 56.4 Å². The summed E-state index contributed by atoms with van der Waals surface area (Å²) in [5, 5.41) is 8.82. The fourth-order valence-corrected chi connectivity index (χ4v) is 3.30. The zero-order valence-electron chi connectivity index (χ0n) is 15.5. The molecule has 1 aliphatic heterocycles. The number of anilines is 1. The lowest BCUT2D eigenvalue weighted by Gasteiger charge is -2.07. The van der Waals surface area contributed by atoms with Gasteiger partial charge >= 0.3 is 0 Å². The van der Waals surface area contributed by atoms with Crippen molar-refractivity contribution in [1.29, 1.82) is 0 Å². The van der Waals surface area contributed by atoms with E-state index in [4.69, 9.17) is 4.74 Å². The molecule has 0 saturated carbocycles. The highest BCUT2D eigenvalue weighted by Crippen LogP contribution is 2.31. The van der Waals surface area contributed by atoms with Crippen LogP contribution in [0.3, 0.4) is 0 Å². The van der Waals surface area contributed by atoms with Gasteiger partial charge in [0.2, 0.25) is 11.8 Å². The van der Waals surface area contributed by atoms with Gasteiger partial charge in [-0.05, 0) is 37.3 Å². The van der Waals surface area contributed by atoms with E-state index in [1.165, 1.54) is 0 Å². The van der Waals surface area contributed by atoms with Crippen LogP contribution in [0.15, 0.2) is 59.9 Å². The molecule has 4 aromatic rings. The molecule has 0 saturated heterocycles. The van der Waals surface area contributed by atoms with E-state index in [0.29, 0.717) is 18.3 Å². The number of aliphatic imine (C=N–C) groups is 1. The highest BCUT2D eigenvalue weighted by molar-refractivity contribution is 6.09. The molecule has 7 nitrogen and oxygen atoms in total. The van der Waals surface area contributed by atoms with E-state index in [2.05, 4.69) is 25.4 Å². The van der Waals surface area contributed by atoms with Gasteiger partial charge in [0.25, 0.3) is 0 Å². The molecule has 1 aromatic carbocycles. The average Bonchev–Trinajstić information content (AvgIpc) is 3.25. The minimum absolute atomic E-state index is 0.538. The Kier molecular flexibility index (Phi) is 3.79. The van der Waals surface area contributed by atoms with Gasteiger partial charge in [0, 0.05) is 36.3 Å². The second-order valence-corrected chi connectivity index (χ2v) is 6.69. The molecule has 1 aliphatic rings. The number of benzene rings is 1. The predicted octanol–water partition coefficient (Wildman–Crippen LogP) is 3.84. The lowest BCUT2D eigenvalue weighted by atomic mass is 10.2. The van der Waals surface area contributed by atoms with Crippen molar-refractivity contribution in [3.8, 4) is 11.8 Å². The molecule has 4 heterocycles. The van der Waals surface area contributed by atoms with Gasteiger partial charge in [-0.1, -0.05) is 12.1 Å². The molecule has 28 heavy (non-hydrogen) atoms. The Morgan fingerprint density at radius 3 is 2.79 bits per heavy atom. The van der Waals surface area contributed by atoms with E-state index < -0.39 is 0 Å². The molecule has 1 N–H and O–H groups in total. The van der Waals surface area contributed by atoms with Gasteiger partial charge in [-0.3, -0.25) is 14.7 Å². The van der Waals surface area contributed by atoms with Crippen molar-refractivity contribution >= 4 is 22.4 Å². The van der Waals surface area contributed by atoms with Crippen LogP contribution in [-0.4, -0.2) is 25.6 Å². The van der Waals surface area contributed by atoms with Crippen molar-refractivity contribution in [3.63, 3.8) is 0 Å². The van der Waals surface area contributed by atoms with Crippen molar-refractivity contribution in [2.24, 2.45) is 12.0 Å². The Morgan fingerprint density at radius 1 is 1.04 bits per heavy atom. The summed E-state index contributed by atoms with van der Waals surface area (Å²) in [6, 6.07) is 13.8. The third-order valence-corrected chi connectivity index (χ3v) is 4.76. The maximum atomic E-state index is 5.97. The molecule has 5 rings (SSSR count). The van der Waals surface area contributed by atoms with Crippen LogP contribution in [0.25, 0.3) is 10.9 Å². The topological polar surface area (TPSA) is 77.2 Å². The molecule has 0 unspecified atom stereocenters. The van der Waals surface area contributed by atoms with E-state index >= 15 is 0 Å². The van der Waals surface area contributed by atoms with E-state index in [1.54, 1.807) is 17.1 Å². The summed E-state index contributed by atoms with van der Waals surface area (Å²) < 4.78 is 7.77. The third kappa shape index (κ3) is 2.77. The summed E-state index contributed by atoms with van der Waals surface area (Å²) >= 11 is 0. The Balaban J connectivity index is 1.46. The van der Waals surface area contributed by atoms with Crippen molar-refractivity contribution in [2.45, 2.75) is 13.5 Å². The second-order valence-electron chi connectivity index (χ2n) is 6.69. The van der Waals surface area contributed by atoms with Crippen LogP contribution in [0.4, 0.5) is 5.69 Å². The summed E-state index contributed by atoms with van der Waals surface area (Å²) in [5.74, 6) is 1.89. The summed E-state index contributed by atoms with van der Waals surface area (Å²) in [4.78, 5) is 13.3. The zero-order chi connectivity index (χ0) is 19.1. The second kappa shape index (κ2) is 6.45. The molecule has 0 amide bonds. The molecule has 7 heteroatoms. The molecule has 0 bridgehead atoms. The first-order valence-electron chi connectivity index (χ1n) is 9.01. The van der Waals surface area contributed by atoms with E-state index in [9.17, 15) is 0 Å². The predicted molar refractivity (Wildman–Crippen MR) is 108 cm³/mol. The monoisotopic (exact) mass is 370 g/mol. The summed E-state index contributed by atoms with van der Waals surface area (Å²) in [6.45, 7) is 2.62. The molecule has 0 aliphatic carbocycles. The van der Waals surface area contributed by atoms with Crippen molar-refractivity contribution in [3.05, 3.63) is 71.7 Å².